The fourth-order valence-electron chi connectivity index (χ4n) is 1.96. The first-order valence-electron chi connectivity index (χ1n) is 7.22. The van der Waals surface area contributed by atoms with Crippen molar-refractivity contribution in [1.29, 1.82) is 0 Å². The number of thioether (sulfide) groups is 1. The highest BCUT2D eigenvalue weighted by atomic mass is 32.2. The minimum Gasteiger partial charge on any atom is -0.496 e. The fraction of sp³-hybridized carbons (Fsp3) is 0.625. The maximum atomic E-state index is 5.40. The predicted octanol–water partition coefficient (Wildman–Crippen LogP) is 4.20. The highest BCUT2D eigenvalue weighted by molar-refractivity contribution is 7.99. The zero-order valence-electron chi connectivity index (χ0n) is 12.6. The Balaban J connectivity index is 2.59. The number of hydrogen-bond acceptors (Lipinski definition) is 3. The molecule has 0 aliphatic heterocycles. The van der Waals surface area contributed by atoms with E-state index in [1.165, 1.54) is 17.7 Å². The second-order valence-electron chi connectivity index (χ2n) is 4.91. The Morgan fingerprint density at radius 2 is 2.00 bits per heavy atom. The van der Waals surface area contributed by atoms with Gasteiger partial charge in [0, 0.05) is 16.7 Å². The van der Waals surface area contributed by atoms with E-state index in [0.29, 0.717) is 12.0 Å². The Bertz CT molecular complexity index is 356. The van der Waals surface area contributed by atoms with Crippen LogP contribution in [0.5, 0.6) is 5.75 Å². The first kappa shape index (κ1) is 16.4. The maximum absolute atomic E-state index is 5.40. The minimum absolute atomic E-state index is 0.569. The Hall–Kier alpha value is -0.670. The normalized spacial score (nSPS) is 14.1. The molecule has 2 atom stereocenters. The topological polar surface area (TPSA) is 21.3 Å². The molecule has 0 aliphatic carbocycles. The van der Waals surface area contributed by atoms with Crippen LogP contribution in [-0.4, -0.2) is 25.4 Å². The van der Waals surface area contributed by atoms with Crippen molar-refractivity contribution in [2.75, 3.05) is 19.4 Å². The summed E-state index contributed by atoms with van der Waals surface area (Å²) in [6.45, 7) is 7.91. The first-order chi connectivity index (χ1) is 9.22. The second kappa shape index (κ2) is 9.27. The summed E-state index contributed by atoms with van der Waals surface area (Å²) >= 11 is 1.89. The molecule has 0 saturated carbocycles. The van der Waals surface area contributed by atoms with Crippen LogP contribution in [0.1, 0.15) is 33.6 Å². The Kier molecular flexibility index (Phi) is 7.99. The molecule has 2 unspecified atom stereocenters. The minimum atomic E-state index is 0.569. The van der Waals surface area contributed by atoms with E-state index in [2.05, 4.69) is 38.2 Å². The van der Waals surface area contributed by atoms with Gasteiger partial charge in [-0.05, 0) is 31.0 Å². The van der Waals surface area contributed by atoms with Gasteiger partial charge < -0.3 is 10.1 Å². The molecule has 0 saturated heterocycles. The quantitative estimate of drug-likeness (QED) is 0.685. The molecule has 1 aromatic rings. The van der Waals surface area contributed by atoms with Gasteiger partial charge in [-0.15, -0.1) is 11.8 Å². The van der Waals surface area contributed by atoms with E-state index in [9.17, 15) is 0 Å². The molecule has 0 radical (unpaired) electrons. The van der Waals surface area contributed by atoms with Gasteiger partial charge in [0.1, 0.15) is 5.75 Å². The van der Waals surface area contributed by atoms with Crippen LogP contribution in [0.25, 0.3) is 0 Å². The van der Waals surface area contributed by atoms with Gasteiger partial charge in [-0.25, -0.2) is 0 Å². The van der Waals surface area contributed by atoms with Crippen molar-refractivity contribution >= 4 is 11.8 Å². The van der Waals surface area contributed by atoms with Crippen LogP contribution in [0.4, 0.5) is 0 Å². The Labute approximate surface area is 122 Å². The highest BCUT2D eigenvalue weighted by Gasteiger charge is 2.16. The predicted molar refractivity (Wildman–Crippen MR) is 85.3 cm³/mol. The van der Waals surface area contributed by atoms with Gasteiger partial charge in [0.15, 0.2) is 0 Å². The van der Waals surface area contributed by atoms with Crippen molar-refractivity contribution in [3.05, 3.63) is 24.3 Å². The number of nitrogens with one attached hydrogen (secondary N) is 1. The van der Waals surface area contributed by atoms with Crippen LogP contribution >= 0.6 is 11.8 Å². The molecule has 1 N–H and O–H groups in total. The van der Waals surface area contributed by atoms with Gasteiger partial charge in [-0.2, -0.15) is 0 Å². The zero-order valence-corrected chi connectivity index (χ0v) is 13.4. The van der Waals surface area contributed by atoms with Gasteiger partial charge in [-0.1, -0.05) is 39.3 Å². The molecule has 0 aromatic heterocycles. The lowest BCUT2D eigenvalue weighted by Gasteiger charge is -2.24. The largest absolute Gasteiger partial charge is 0.496 e. The molecular weight excluding hydrogens is 254 g/mol. The summed E-state index contributed by atoms with van der Waals surface area (Å²) in [6, 6.07) is 8.82. The number of ether oxygens (including phenoxy) is 1. The lowest BCUT2D eigenvalue weighted by molar-refractivity contribution is 0.395. The van der Waals surface area contributed by atoms with Crippen molar-refractivity contribution in [3.8, 4) is 5.75 Å². The summed E-state index contributed by atoms with van der Waals surface area (Å²) in [4.78, 5) is 1.23. The van der Waals surface area contributed by atoms with E-state index >= 15 is 0 Å². The summed E-state index contributed by atoms with van der Waals surface area (Å²) in [5, 5.41) is 3.67. The third-order valence-electron chi connectivity index (χ3n) is 3.47. The molecule has 0 amide bonds. The molecule has 1 aromatic carbocycles. The lowest BCUT2D eigenvalue weighted by atomic mass is 10.0. The van der Waals surface area contributed by atoms with E-state index < -0.39 is 0 Å². The third kappa shape index (κ3) is 5.45. The number of para-hydroxylation sites is 1. The summed E-state index contributed by atoms with van der Waals surface area (Å²) in [5.74, 6) is 2.77. The zero-order chi connectivity index (χ0) is 14.1. The molecule has 2 nitrogen and oxygen atoms in total. The molecule has 108 valence electrons. The van der Waals surface area contributed by atoms with Crippen molar-refractivity contribution in [1.82, 2.24) is 5.32 Å². The first-order valence-corrected chi connectivity index (χ1v) is 8.20. The molecule has 0 fully saturated rings. The van der Waals surface area contributed by atoms with Crippen molar-refractivity contribution in [2.45, 2.75) is 44.6 Å². The average molecular weight is 281 g/mol. The molecule has 0 heterocycles. The van der Waals surface area contributed by atoms with E-state index in [1.54, 1.807) is 7.11 Å². The molecule has 19 heavy (non-hydrogen) atoms. The SMILES string of the molecule is CCCNC(CSc1ccccc1OC)C(C)CC. The molecule has 0 spiro atoms. The van der Waals surface area contributed by atoms with Crippen LogP contribution in [0.3, 0.4) is 0 Å². The molecular formula is C16H27NOS. The van der Waals surface area contributed by atoms with Crippen LogP contribution in [0, 0.1) is 5.92 Å². The number of methoxy groups -OCH3 is 1. The summed E-state index contributed by atoms with van der Waals surface area (Å²) < 4.78 is 5.40. The smallest absolute Gasteiger partial charge is 0.132 e. The monoisotopic (exact) mass is 281 g/mol. The van der Waals surface area contributed by atoms with Crippen molar-refractivity contribution in [2.24, 2.45) is 5.92 Å². The van der Waals surface area contributed by atoms with Crippen molar-refractivity contribution < 1.29 is 4.74 Å². The standard InChI is InChI=1S/C16H27NOS/c1-5-11-17-14(13(3)6-2)12-19-16-10-8-7-9-15(16)18-4/h7-10,13-14,17H,5-6,11-12H2,1-4H3. The second-order valence-corrected chi connectivity index (χ2v) is 5.97. The van der Waals surface area contributed by atoms with Crippen LogP contribution in [-0.2, 0) is 0 Å². The summed E-state index contributed by atoms with van der Waals surface area (Å²) in [6.07, 6.45) is 2.40. The van der Waals surface area contributed by atoms with Crippen molar-refractivity contribution in [3.63, 3.8) is 0 Å². The Morgan fingerprint density at radius 3 is 2.63 bits per heavy atom. The van der Waals surface area contributed by atoms with Gasteiger partial charge in [0.2, 0.25) is 0 Å². The molecule has 3 heteroatoms. The van der Waals surface area contributed by atoms with E-state index in [-0.39, 0.29) is 0 Å². The van der Waals surface area contributed by atoms with E-state index in [0.717, 1.165) is 18.0 Å². The summed E-state index contributed by atoms with van der Waals surface area (Å²) in [5.41, 5.74) is 0. The molecule has 1 rings (SSSR count). The van der Waals surface area contributed by atoms with E-state index in [4.69, 9.17) is 4.74 Å². The average Bonchev–Trinajstić information content (AvgIpc) is 2.47. The molecule has 0 aliphatic rings. The summed E-state index contributed by atoms with van der Waals surface area (Å²) in [7, 11) is 1.74. The highest BCUT2D eigenvalue weighted by Crippen LogP contribution is 2.30. The number of rotatable bonds is 9. The van der Waals surface area contributed by atoms with Crippen LogP contribution < -0.4 is 10.1 Å². The Morgan fingerprint density at radius 1 is 1.26 bits per heavy atom. The van der Waals surface area contributed by atoms with Crippen LogP contribution in [0.2, 0.25) is 0 Å². The number of hydrogen-bond donors (Lipinski definition) is 1. The van der Waals surface area contributed by atoms with Gasteiger partial charge in [0.25, 0.3) is 0 Å². The number of benzene rings is 1. The van der Waals surface area contributed by atoms with Gasteiger partial charge >= 0.3 is 0 Å². The lowest BCUT2D eigenvalue weighted by Crippen LogP contribution is -2.37. The van der Waals surface area contributed by atoms with Crippen LogP contribution in [0.15, 0.2) is 29.2 Å². The van der Waals surface area contributed by atoms with E-state index in [1.807, 2.05) is 23.9 Å². The molecule has 0 bridgehead atoms. The maximum Gasteiger partial charge on any atom is 0.132 e. The fourth-order valence-corrected chi connectivity index (χ4v) is 3.23. The third-order valence-corrected chi connectivity index (χ3v) is 4.65. The van der Waals surface area contributed by atoms with Gasteiger partial charge in [-0.3, -0.25) is 0 Å². The van der Waals surface area contributed by atoms with Gasteiger partial charge in [0.05, 0.1) is 7.11 Å².